The van der Waals surface area contributed by atoms with Crippen LogP contribution in [0.1, 0.15) is 36.4 Å². The molecular formula is C29H37N5O5. The number of likely N-dealkylation sites (tertiary alicyclic amines) is 1. The summed E-state index contributed by atoms with van der Waals surface area (Å²) in [7, 11) is 1.60. The quantitative estimate of drug-likeness (QED) is 0.504. The lowest BCUT2D eigenvalue weighted by atomic mass is 9.87. The summed E-state index contributed by atoms with van der Waals surface area (Å²) in [6, 6.07) is 16.9. The monoisotopic (exact) mass is 535 g/mol. The van der Waals surface area contributed by atoms with Crippen molar-refractivity contribution in [1.29, 1.82) is 0 Å². The molecular weight excluding hydrogens is 498 g/mol. The van der Waals surface area contributed by atoms with Gasteiger partial charge in [0.1, 0.15) is 11.3 Å². The third-order valence-electron chi connectivity index (χ3n) is 7.99. The molecule has 0 aromatic heterocycles. The summed E-state index contributed by atoms with van der Waals surface area (Å²) in [6.45, 7) is 4.71. The Bertz CT molecular complexity index is 1140. The molecule has 5 rings (SSSR count). The highest BCUT2D eigenvalue weighted by molar-refractivity contribution is 6.07. The van der Waals surface area contributed by atoms with Gasteiger partial charge in [0.2, 0.25) is 0 Å². The van der Waals surface area contributed by atoms with Crippen molar-refractivity contribution in [2.24, 2.45) is 0 Å². The third-order valence-corrected chi connectivity index (χ3v) is 7.99. The number of morpholine rings is 1. The molecule has 5 amide bonds. The minimum atomic E-state index is -0.844. The lowest BCUT2D eigenvalue weighted by Gasteiger charge is -2.38. The van der Waals surface area contributed by atoms with Crippen LogP contribution in [0.25, 0.3) is 0 Å². The first kappa shape index (κ1) is 27.0. The van der Waals surface area contributed by atoms with E-state index in [4.69, 9.17) is 9.47 Å². The highest BCUT2D eigenvalue weighted by Crippen LogP contribution is 2.31. The van der Waals surface area contributed by atoms with Crippen LogP contribution in [0.5, 0.6) is 5.75 Å². The molecule has 2 aromatic rings. The number of benzene rings is 2. The van der Waals surface area contributed by atoms with Crippen LogP contribution in [0.2, 0.25) is 0 Å². The van der Waals surface area contributed by atoms with Gasteiger partial charge in [-0.05, 0) is 42.5 Å². The maximum Gasteiger partial charge on any atom is 0.325 e. The number of urea groups is 2. The second kappa shape index (κ2) is 12.0. The Kier molecular flexibility index (Phi) is 8.33. The van der Waals surface area contributed by atoms with Crippen molar-refractivity contribution in [3.63, 3.8) is 0 Å². The second-order valence-electron chi connectivity index (χ2n) is 10.4. The molecule has 3 saturated heterocycles. The average molecular weight is 536 g/mol. The summed E-state index contributed by atoms with van der Waals surface area (Å²) < 4.78 is 10.6. The third kappa shape index (κ3) is 6.17. The molecule has 0 saturated carbocycles. The molecule has 0 bridgehead atoms. The summed E-state index contributed by atoms with van der Waals surface area (Å²) in [5.74, 6) is 0.581. The van der Waals surface area contributed by atoms with Gasteiger partial charge < -0.3 is 29.9 Å². The number of amides is 5. The fraction of sp³-hybridized carbons (Fsp3) is 0.483. The SMILES string of the molecule is COc1ccc(CN2C(=O)NC3(CCN(CC[C@H](NC(=O)N4CCOCC4)c4ccccc4)CC3)C2=O)cc1. The van der Waals surface area contributed by atoms with Crippen molar-refractivity contribution < 1.29 is 23.9 Å². The summed E-state index contributed by atoms with van der Waals surface area (Å²) in [6.07, 6.45) is 1.87. The summed E-state index contributed by atoms with van der Waals surface area (Å²) in [5.41, 5.74) is 1.10. The van der Waals surface area contributed by atoms with Gasteiger partial charge in [-0.15, -0.1) is 0 Å². The number of carbonyl (C=O) groups is 3. The predicted octanol–water partition coefficient (Wildman–Crippen LogP) is 2.75. The maximum atomic E-state index is 13.4. The van der Waals surface area contributed by atoms with E-state index >= 15 is 0 Å². The van der Waals surface area contributed by atoms with E-state index in [-0.39, 0.29) is 30.6 Å². The topological polar surface area (TPSA) is 103 Å². The van der Waals surface area contributed by atoms with Crippen molar-refractivity contribution in [3.05, 3.63) is 65.7 Å². The number of carbonyl (C=O) groups excluding carboxylic acids is 3. The predicted molar refractivity (Wildman–Crippen MR) is 145 cm³/mol. The summed E-state index contributed by atoms with van der Waals surface area (Å²) in [4.78, 5) is 44.5. The fourth-order valence-electron chi connectivity index (χ4n) is 5.56. The number of methoxy groups -OCH3 is 1. The van der Waals surface area contributed by atoms with Gasteiger partial charge in [0, 0.05) is 32.7 Å². The summed E-state index contributed by atoms with van der Waals surface area (Å²) in [5, 5.41) is 6.22. The number of imide groups is 1. The molecule has 2 aromatic carbocycles. The lowest BCUT2D eigenvalue weighted by molar-refractivity contribution is -0.133. The lowest BCUT2D eigenvalue weighted by Crippen LogP contribution is -2.55. The Morgan fingerprint density at radius 1 is 1.03 bits per heavy atom. The minimum Gasteiger partial charge on any atom is -0.497 e. The van der Waals surface area contributed by atoms with Crippen LogP contribution in [-0.4, -0.2) is 91.3 Å². The van der Waals surface area contributed by atoms with Crippen molar-refractivity contribution >= 4 is 18.0 Å². The molecule has 0 aliphatic carbocycles. The van der Waals surface area contributed by atoms with E-state index in [1.54, 1.807) is 12.0 Å². The Labute approximate surface area is 229 Å². The van der Waals surface area contributed by atoms with Gasteiger partial charge in [-0.1, -0.05) is 42.5 Å². The Morgan fingerprint density at radius 2 is 1.72 bits per heavy atom. The molecule has 3 aliphatic rings. The van der Waals surface area contributed by atoms with Gasteiger partial charge >= 0.3 is 12.1 Å². The molecule has 39 heavy (non-hydrogen) atoms. The van der Waals surface area contributed by atoms with E-state index in [2.05, 4.69) is 15.5 Å². The zero-order valence-electron chi connectivity index (χ0n) is 22.4. The van der Waals surface area contributed by atoms with E-state index in [9.17, 15) is 14.4 Å². The molecule has 3 aliphatic heterocycles. The average Bonchev–Trinajstić information content (AvgIpc) is 3.21. The zero-order valence-corrected chi connectivity index (χ0v) is 22.4. The van der Waals surface area contributed by atoms with E-state index in [1.807, 2.05) is 54.6 Å². The van der Waals surface area contributed by atoms with Crippen molar-refractivity contribution in [2.45, 2.75) is 37.4 Å². The van der Waals surface area contributed by atoms with Crippen LogP contribution >= 0.6 is 0 Å². The van der Waals surface area contributed by atoms with Gasteiger partial charge in [0.25, 0.3) is 5.91 Å². The Balaban J connectivity index is 1.16. The van der Waals surface area contributed by atoms with Crippen LogP contribution in [0.4, 0.5) is 9.59 Å². The van der Waals surface area contributed by atoms with E-state index < -0.39 is 5.54 Å². The van der Waals surface area contributed by atoms with Crippen LogP contribution in [0.15, 0.2) is 54.6 Å². The molecule has 0 radical (unpaired) electrons. The maximum absolute atomic E-state index is 13.4. The van der Waals surface area contributed by atoms with Gasteiger partial charge in [-0.3, -0.25) is 9.69 Å². The highest BCUT2D eigenvalue weighted by Gasteiger charge is 2.52. The summed E-state index contributed by atoms with van der Waals surface area (Å²) >= 11 is 0. The molecule has 10 nitrogen and oxygen atoms in total. The van der Waals surface area contributed by atoms with Crippen molar-refractivity contribution in [3.8, 4) is 5.75 Å². The Hall–Kier alpha value is -3.63. The normalized spacial score (nSPS) is 20.1. The molecule has 2 N–H and O–H groups in total. The first-order valence-electron chi connectivity index (χ1n) is 13.6. The molecule has 3 heterocycles. The number of hydrogen-bond donors (Lipinski definition) is 2. The molecule has 3 fully saturated rings. The largest absolute Gasteiger partial charge is 0.497 e. The first-order chi connectivity index (χ1) is 19.0. The molecule has 1 spiro atoms. The number of ether oxygens (including phenoxy) is 2. The van der Waals surface area contributed by atoms with Crippen LogP contribution in [0.3, 0.4) is 0 Å². The Morgan fingerprint density at radius 3 is 2.38 bits per heavy atom. The molecule has 208 valence electrons. The van der Waals surface area contributed by atoms with Crippen molar-refractivity contribution in [2.75, 3.05) is 53.0 Å². The van der Waals surface area contributed by atoms with Crippen LogP contribution < -0.4 is 15.4 Å². The van der Waals surface area contributed by atoms with Gasteiger partial charge in [-0.2, -0.15) is 0 Å². The number of rotatable bonds is 8. The highest BCUT2D eigenvalue weighted by atomic mass is 16.5. The fourth-order valence-corrected chi connectivity index (χ4v) is 5.56. The minimum absolute atomic E-state index is 0.0685. The first-order valence-corrected chi connectivity index (χ1v) is 13.6. The van der Waals surface area contributed by atoms with Crippen LogP contribution in [-0.2, 0) is 16.1 Å². The molecule has 10 heteroatoms. The number of nitrogens with one attached hydrogen (secondary N) is 2. The standard InChI is InChI=1S/C29H37N5O5/c1-38-24-9-7-22(8-10-24)21-34-26(35)29(31-28(34)37)12-15-32(16-13-29)14-11-25(23-5-3-2-4-6-23)30-27(36)33-17-19-39-20-18-33/h2-10,25H,11-21H2,1H3,(H,30,36)(H,31,37)/t25-/m0/s1. The molecule has 1 atom stereocenters. The van der Waals surface area contributed by atoms with E-state index in [0.717, 1.165) is 29.8 Å². The van der Waals surface area contributed by atoms with Gasteiger partial charge in [0.15, 0.2) is 0 Å². The van der Waals surface area contributed by atoms with Crippen molar-refractivity contribution in [1.82, 2.24) is 25.3 Å². The molecule has 0 unspecified atom stereocenters. The van der Waals surface area contributed by atoms with E-state index in [0.29, 0.717) is 52.2 Å². The van der Waals surface area contributed by atoms with Crippen LogP contribution in [0, 0.1) is 0 Å². The van der Waals surface area contributed by atoms with E-state index in [1.165, 1.54) is 4.90 Å². The van der Waals surface area contributed by atoms with Gasteiger partial charge in [0.05, 0.1) is 32.9 Å². The van der Waals surface area contributed by atoms with Gasteiger partial charge in [-0.25, -0.2) is 9.59 Å². The second-order valence-corrected chi connectivity index (χ2v) is 10.4. The number of piperidine rings is 1. The zero-order chi connectivity index (χ0) is 27.2. The number of hydrogen-bond acceptors (Lipinski definition) is 6. The smallest absolute Gasteiger partial charge is 0.325 e. The number of nitrogens with zero attached hydrogens (tertiary/aromatic N) is 3.